The van der Waals surface area contributed by atoms with Gasteiger partial charge in [-0.05, 0) is 18.5 Å². The molecular weight excluding hydrogens is 228 g/mol. The summed E-state index contributed by atoms with van der Waals surface area (Å²) in [6.07, 6.45) is 0.368. The summed E-state index contributed by atoms with van der Waals surface area (Å²) in [5, 5.41) is 6.35. The average molecular weight is 248 g/mol. The van der Waals surface area contributed by atoms with Gasteiger partial charge < -0.3 is 15.4 Å². The molecule has 98 valence electrons. The van der Waals surface area contributed by atoms with Crippen molar-refractivity contribution in [3.05, 3.63) is 29.8 Å². The molecule has 1 heterocycles. The van der Waals surface area contributed by atoms with Gasteiger partial charge in [-0.2, -0.15) is 0 Å². The maximum Gasteiger partial charge on any atom is 0.224 e. The molecule has 2 rings (SSSR count). The molecule has 2 N–H and O–H groups in total. The van der Waals surface area contributed by atoms with Crippen molar-refractivity contribution in [2.45, 2.75) is 19.4 Å². The van der Waals surface area contributed by atoms with Crippen LogP contribution < -0.4 is 15.4 Å². The third-order valence-corrected chi connectivity index (χ3v) is 3.41. The van der Waals surface area contributed by atoms with Crippen LogP contribution in [0.1, 0.15) is 12.5 Å². The van der Waals surface area contributed by atoms with Crippen molar-refractivity contribution in [1.29, 1.82) is 0 Å². The van der Waals surface area contributed by atoms with E-state index in [9.17, 15) is 4.79 Å². The van der Waals surface area contributed by atoms with Gasteiger partial charge in [0.1, 0.15) is 5.75 Å². The summed E-state index contributed by atoms with van der Waals surface area (Å²) in [6, 6.07) is 7.87. The van der Waals surface area contributed by atoms with Gasteiger partial charge in [-0.25, -0.2) is 0 Å². The average Bonchev–Trinajstić information content (AvgIpc) is 2.75. The first-order valence-corrected chi connectivity index (χ1v) is 6.32. The zero-order valence-electron chi connectivity index (χ0n) is 10.9. The molecule has 0 saturated carbocycles. The van der Waals surface area contributed by atoms with Crippen LogP contribution >= 0.6 is 0 Å². The number of hydrogen-bond acceptors (Lipinski definition) is 3. The molecule has 1 aliphatic heterocycles. The van der Waals surface area contributed by atoms with Crippen LogP contribution in [0.5, 0.6) is 5.75 Å². The van der Waals surface area contributed by atoms with Gasteiger partial charge in [0.15, 0.2) is 0 Å². The van der Waals surface area contributed by atoms with Crippen LogP contribution in [-0.4, -0.2) is 32.1 Å². The van der Waals surface area contributed by atoms with E-state index in [1.165, 1.54) is 0 Å². The molecular formula is C14H20N2O2. The SMILES string of the molecule is COc1ccccc1CC(=O)NC1CNCC1C. The van der Waals surface area contributed by atoms with Crippen LogP contribution in [0.15, 0.2) is 24.3 Å². The van der Waals surface area contributed by atoms with E-state index in [4.69, 9.17) is 4.74 Å². The highest BCUT2D eigenvalue weighted by Crippen LogP contribution is 2.18. The fraction of sp³-hybridized carbons (Fsp3) is 0.500. The lowest BCUT2D eigenvalue weighted by molar-refractivity contribution is -0.121. The minimum absolute atomic E-state index is 0.0556. The number of benzene rings is 1. The van der Waals surface area contributed by atoms with E-state index in [0.29, 0.717) is 12.3 Å². The lowest BCUT2D eigenvalue weighted by atomic mass is 10.1. The number of carbonyl (C=O) groups excluding carboxylic acids is 1. The van der Waals surface area contributed by atoms with Crippen LogP contribution in [-0.2, 0) is 11.2 Å². The van der Waals surface area contributed by atoms with Gasteiger partial charge in [-0.1, -0.05) is 25.1 Å². The van der Waals surface area contributed by atoms with E-state index in [1.807, 2.05) is 24.3 Å². The number of ether oxygens (including phenoxy) is 1. The largest absolute Gasteiger partial charge is 0.496 e. The van der Waals surface area contributed by atoms with Crippen molar-refractivity contribution >= 4 is 5.91 Å². The van der Waals surface area contributed by atoms with Gasteiger partial charge in [0, 0.05) is 18.2 Å². The Morgan fingerprint density at radius 1 is 1.44 bits per heavy atom. The first-order valence-electron chi connectivity index (χ1n) is 6.32. The lowest BCUT2D eigenvalue weighted by Crippen LogP contribution is -2.40. The van der Waals surface area contributed by atoms with E-state index in [2.05, 4.69) is 17.6 Å². The third kappa shape index (κ3) is 3.01. The van der Waals surface area contributed by atoms with Gasteiger partial charge >= 0.3 is 0 Å². The molecule has 1 aromatic rings. The van der Waals surface area contributed by atoms with Crippen LogP contribution in [0.3, 0.4) is 0 Å². The second-order valence-corrected chi connectivity index (χ2v) is 4.80. The fourth-order valence-corrected chi connectivity index (χ4v) is 2.28. The first kappa shape index (κ1) is 12.9. The third-order valence-electron chi connectivity index (χ3n) is 3.41. The molecule has 18 heavy (non-hydrogen) atoms. The number of amides is 1. The van der Waals surface area contributed by atoms with Crippen LogP contribution in [0.4, 0.5) is 0 Å². The molecule has 0 aliphatic carbocycles. The predicted octanol–water partition coefficient (Wildman–Crippen LogP) is 0.962. The van der Waals surface area contributed by atoms with Crippen LogP contribution in [0, 0.1) is 5.92 Å². The van der Waals surface area contributed by atoms with E-state index in [0.717, 1.165) is 24.4 Å². The molecule has 1 aliphatic rings. The van der Waals surface area contributed by atoms with Gasteiger partial charge in [0.25, 0.3) is 0 Å². The molecule has 1 aromatic carbocycles. The highest BCUT2D eigenvalue weighted by atomic mass is 16.5. The molecule has 2 atom stereocenters. The molecule has 1 fully saturated rings. The summed E-state index contributed by atoms with van der Waals surface area (Å²) in [5.41, 5.74) is 0.927. The van der Waals surface area contributed by atoms with Crippen LogP contribution in [0.25, 0.3) is 0 Å². The maximum atomic E-state index is 12.0. The lowest BCUT2D eigenvalue weighted by Gasteiger charge is -2.16. The van der Waals surface area contributed by atoms with E-state index >= 15 is 0 Å². The van der Waals surface area contributed by atoms with Crippen molar-refractivity contribution in [3.63, 3.8) is 0 Å². The second kappa shape index (κ2) is 5.87. The highest BCUT2D eigenvalue weighted by Gasteiger charge is 2.24. The molecule has 0 bridgehead atoms. The number of methoxy groups -OCH3 is 1. The molecule has 1 amide bonds. The van der Waals surface area contributed by atoms with Crippen molar-refractivity contribution in [3.8, 4) is 5.75 Å². The molecule has 0 aromatic heterocycles. The topological polar surface area (TPSA) is 50.4 Å². The van der Waals surface area contributed by atoms with E-state index in [1.54, 1.807) is 7.11 Å². The monoisotopic (exact) mass is 248 g/mol. The van der Waals surface area contributed by atoms with Gasteiger partial charge in [0.2, 0.25) is 5.91 Å². The van der Waals surface area contributed by atoms with Crippen molar-refractivity contribution in [2.24, 2.45) is 5.92 Å². The van der Waals surface area contributed by atoms with Gasteiger partial charge in [-0.15, -0.1) is 0 Å². The Morgan fingerprint density at radius 3 is 2.89 bits per heavy atom. The summed E-state index contributed by atoms with van der Waals surface area (Å²) >= 11 is 0. The first-order chi connectivity index (χ1) is 8.70. The Morgan fingerprint density at radius 2 is 2.22 bits per heavy atom. The number of hydrogen-bond donors (Lipinski definition) is 2. The molecule has 4 heteroatoms. The maximum absolute atomic E-state index is 12.0. The quantitative estimate of drug-likeness (QED) is 0.834. The molecule has 4 nitrogen and oxygen atoms in total. The predicted molar refractivity (Wildman–Crippen MR) is 70.7 cm³/mol. The molecule has 2 unspecified atom stereocenters. The van der Waals surface area contributed by atoms with E-state index < -0.39 is 0 Å². The minimum atomic E-state index is 0.0556. The van der Waals surface area contributed by atoms with Gasteiger partial charge in [-0.3, -0.25) is 4.79 Å². The van der Waals surface area contributed by atoms with Crippen molar-refractivity contribution in [1.82, 2.24) is 10.6 Å². The smallest absolute Gasteiger partial charge is 0.224 e. The Bertz CT molecular complexity index is 420. The number of carbonyl (C=O) groups is 1. The Labute approximate surface area is 108 Å². The zero-order chi connectivity index (χ0) is 13.0. The molecule has 0 spiro atoms. The molecule has 0 radical (unpaired) electrons. The normalized spacial score (nSPS) is 22.8. The fourth-order valence-electron chi connectivity index (χ4n) is 2.28. The summed E-state index contributed by atoms with van der Waals surface area (Å²) in [7, 11) is 1.62. The summed E-state index contributed by atoms with van der Waals surface area (Å²) in [6.45, 7) is 3.98. The summed E-state index contributed by atoms with van der Waals surface area (Å²) in [5.74, 6) is 1.32. The standard InChI is InChI=1S/C14H20N2O2/c1-10-8-15-9-12(10)16-14(17)7-11-5-3-4-6-13(11)18-2/h3-6,10,12,15H,7-9H2,1-2H3,(H,16,17). The van der Waals surface area contributed by atoms with Crippen molar-refractivity contribution < 1.29 is 9.53 Å². The van der Waals surface area contributed by atoms with Gasteiger partial charge in [0.05, 0.1) is 13.5 Å². The Balaban J connectivity index is 1.94. The minimum Gasteiger partial charge on any atom is -0.496 e. The number of rotatable bonds is 4. The highest BCUT2D eigenvalue weighted by molar-refractivity contribution is 5.79. The van der Waals surface area contributed by atoms with E-state index in [-0.39, 0.29) is 11.9 Å². The summed E-state index contributed by atoms with van der Waals surface area (Å²) < 4.78 is 5.24. The van der Waals surface area contributed by atoms with Crippen LogP contribution in [0.2, 0.25) is 0 Å². The zero-order valence-corrected chi connectivity index (χ0v) is 10.9. The number of para-hydroxylation sites is 1. The van der Waals surface area contributed by atoms with Crippen molar-refractivity contribution in [2.75, 3.05) is 20.2 Å². The Kier molecular flexibility index (Phi) is 4.20. The number of nitrogens with one attached hydrogen (secondary N) is 2. The molecule has 1 saturated heterocycles. The second-order valence-electron chi connectivity index (χ2n) is 4.80. The Hall–Kier alpha value is -1.55. The summed E-state index contributed by atoms with van der Waals surface area (Å²) in [4.78, 5) is 12.0.